The van der Waals surface area contributed by atoms with Gasteiger partial charge in [0.05, 0.1) is 12.8 Å². The Hall–Kier alpha value is -3.32. The van der Waals surface area contributed by atoms with Crippen LogP contribution in [0.1, 0.15) is 5.69 Å². The Bertz CT molecular complexity index is 1090. The number of benzene rings is 2. The van der Waals surface area contributed by atoms with Gasteiger partial charge in [0, 0.05) is 23.4 Å². The fourth-order valence-corrected chi connectivity index (χ4v) is 3.69. The highest BCUT2D eigenvalue weighted by Gasteiger charge is 2.15. The Kier molecular flexibility index (Phi) is 5.76. The van der Waals surface area contributed by atoms with Crippen LogP contribution in [0.15, 0.2) is 83.1 Å². The van der Waals surface area contributed by atoms with Crippen molar-refractivity contribution in [1.29, 1.82) is 0 Å². The first-order valence-corrected chi connectivity index (χ1v) is 10.1. The van der Waals surface area contributed by atoms with Crippen molar-refractivity contribution in [2.75, 3.05) is 7.11 Å². The first-order chi connectivity index (χ1) is 14.3. The summed E-state index contributed by atoms with van der Waals surface area (Å²) in [6, 6.07) is 17.6. The van der Waals surface area contributed by atoms with Crippen molar-refractivity contribution in [3.8, 4) is 28.6 Å². The van der Waals surface area contributed by atoms with Gasteiger partial charge in [-0.2, -0.15) is 0 Å². The van der Waals surface area contributed by atoms with Crippen molar-refractivity contribution in [3.63, 3.8) is 0 Å². The number of rotatable bonds is 8. The monoisotopic (exact) mass is 404 g/mol. The zero-order chi connectivity index (χ0) is 20.1. The van der Waals surface area contributed by atoms with E-state index in [0.29, 0.717) is 18.2 Å². The van der Waals surface area contributed by atoms with Gasteiger partial charge in [0.25, 0.3) is 0 Å². The van der Waals surface area contributed by atoms with Crippen molar-refractivity contribution < 1.29 is 9.15 Å². The summed E-state index contributed by atoms with van der Waals surface area (Å²) in [7, 11) is 1.65. The van der Waals surface area contributed by atoms with Gasteiger partial charge >= 0.3 is 0 Å². The molecule has 0 unspecified atom stereocenters. The molecule has 0 saturated carbocycles. The van der Waals surface area contributed by atoms with E-state index in [1.54, 1.807) is 25.1 Å². The van der Waals surface area contributed by atoms with Crippen LogP contribution >= 0.6 is 11.8 Å². The Balaban J connectivity index is 1.52. The highest BCUT2D eigenvalue weighted by atomic mass is 32.2. The summed E-state index contributed by atoms with van der Waals surface area (Å²) in [6.07, 6.45) is 3.53. The van der Waals surface area contributed by atoms with Crippen LogP contribution in [-0.4, -0.2) is 26.9 Å². The molecule has 0 spiro atoms. The number of ether oxygens (including phenoxy) is 1. The van der Waals surface area contributed by atoms with E-state index in [2.05, 4.69) is 21.8 Å². The minimum Gasteiger partial charge on any atom is -0.497 e. The van der Waals surface area contributed by atoms with Crippen LogP contribution < -0.4 is 4.74 Å². The zero-order valence-corrected chi connectivity index (χ0v) is 16.8. The third kappa shape index (κ3) is 4.25. The molecule has 0 aliphatic heterocycles. The molecule has 29 heavy (non-hydrogen) atoms. The summed E-state index contributed by atoms with van der Waals surface area (Å²) >= 11 is 1.57. The summed E-state index contributed by atoms with van der Waals surface area (Å²) in [5.41, 5.74) is 2.79. The van der Waals surface area contributed by atoms with E-state index in [9.17, 15) is 0 Å². The topological polar surface area (TPSA) is 66.0 Å². The predicted molar refractivity (Wildman–Crippen MR) is 114 cm³/mol. The number of hydrogen-bond donors (Lipinski definition) is 0. The lowest BCUT2D eigenvalue weighted by Crippen LogP contribution is -2.00. The minimum atomic E-state index is 0.616. The number of allylic oxidation sites excluding steroid dienone is 1. The third-order valence-corrected chi connectivity index (χ3v) is 5.30. The van der Waals surface area contributed by atoms with Crippen LogP contribution in [0.2, 0.25) is 0 Å². The molecule has 2 aromatic heterocycles. The van der Waals surface area contributed by atoms with Gasteiger partial charge in [0.2, 0.25) is 5.89 Å². The molecule has 0 fully saturated rings. The highest BCUT2D eigenvalue weighted by molar-refractivity contribution is 7.98. The van der Waals surface area contributed by atoms with E-state index >= 15 is 0 Å². The summed E-state index contributed by atoms with van der Waals surface area (Å²) in [4.78, 5) is 4.58. The van der Waals surface area contributed by atoms with Crippen LogP contribution in [0.3, 0.4) is 0 Å². The van der Waals surface area contributed by atoms with Crippen molar-refractivity contribution in [3.05, 3.63) is 79.2 Å². The number of hydrogen-bond acceptors (Lipinski definition) is 6. The van der Waals surface area contributed by atoms with Crippen molar-refractivity contribution in [1.82, 2.24) is 19.7 Å². The van der Waals surface area contributed by atoms with Gasteiger partial charge in [-0.05, 0) is 36.4 Å². The Morgan fingerprint density at radius 2 is 1.86 bits per heavy atom. The second kappa shape index (κ2) is 8.79. The fraction of sp³-hybridized carbons (Fsp3) is 0.136. The Morgan fingerprint density at radius 3 is 2.59 bits per heavy atom. The van der Waals surface area contributed by atoms with E-state index < -0.39 is 0 Å². The second-order valence-corrected chi connectivity index (χ2v) is 7.18. The van der Waals surface area contributed by atoms with Gasteiger partial charge in [-0.15, -0.1) is 16.8 Å². The summed E-state index contributed by atoms with van der Waals surface area (Å²) in [6.45, 7) is 4.48. The summed E-state index contributed by atoms with van der Waals surface area (Å²) in [5, 5.41) is 9.56. The Morgan fingerprint density at radius 1 is 1.07 bits per heavy atom. The normalized spacial score (nSPS) is 10.8. The van der Waals surface area contributed by atoms with Gasteiger partial charge in [0.1, 0.15) is 12.0 Å². The molecule has 0 atom stereocenters. The second-order valence-electron chi connectivity index (χ2n) is 6.23. The lowest BCUT2D eigenvalue weighted by atomic mass is 10.2. The van der Waals surface area contributed by atoms with Gasteiger partial charge in [0.15, 0.2) is 11.0 Å². The maximum atomic E-state index is 5.62. The Labute approximate surface area is 173 Å². The molecule has 0 bridgehead atoms. The molecule has 6 nitrogen and oxygen atoms in total. The van der Waals surface area contributed by atoms with Gasteiger partial charge in [-0.1, -0.05) is 36.0 Å². The highest BCUT2D eigenvalue weighted by Crippen LogP contribution is 2.28. The molecule has 0 aliphatic rings. The summed E-state index contributed by atoms with van der Waals surface area (Å²) < 4.78 is 12.9. The number of methoxy groups -OCH3 is 1. The van der Waals surface area contributed by atoms with Crippen molar-refractivity contribution in [2.45, 2.75) is 17.5 Å². The molecule has 4 rings (SSSR count). The van der Waals surface area contributed by atoms with Crippen LogP contribution in [0.5, 0.6) is 5.75 Å². The summed E-state index contributed by atoms with van der Waals surface area (Å²) in [5.74, 6) is 2.85. The average Bonchev–Trinajstić information content (AvgIpc) is 3.41. The molecule has 0 saturated heterocycles. The molecule has 0 radical (unpaired) electrons. The number of nitrogens with zero attached hydrogens (tertiary/aromatic N) is 4. The third-order valence-electron chi connectivity index (χ3n) is 4.30. The number of thioether (sulfide) groups is 1. The van der Waals surface area contributed by atoms with E-state index in [1.165, 1.54) is 0 Å². The first-order valence-electron chi connectivity index (χ1n) is 9.09. The van der Waals surface area contributed by atoms with Crippen LogP contribution in [0, 0.1) is 0 Å². The largest absolute Gasteiger partial charge is 0.497 e. The lowest BCUT2D eigenvalue weighted by molar-refractivity contribution is 0.415. The van der Waals surface area contributed by atoms with E-state index in [0.717, 1.165) is 33.6 Å². The molecule has 0 aliphatic carbocycles. The number of oxazole rings is 1. The maximum absolute atomic E-state index is 5.62. The molecule has 4 aromatic rings. The molecule has 2 heterocycles. The molecule has 7 heteroatoms. The quantitative estimate of drug-likeness (QED) is 0.301. The molecular formula is C22H20N4O2S. The molecular weight excluding hydrogens is 384 g/mol. The zero-order valence-electron chi connectivity index (χ0n) is 16.0. The standard InChI is InChI=1S/C22H20N4O2S/c1-3-13-26-20(16-9-11-19(27-2)12-10-16)24-25-22(26)29-15-18-14-28-21(23-18)17-7-5-4-6-8-17/h3-12,14H,1,13,15H2,2H3. The molecule has 0 amide bonds. The van der Waals surface area contributed by atoms with Gasteiger partial charge < -0.3 is 9.15 Å². The van der Waals surface area contributed by atoms with E-state index in [4.69, 9.17) is 9.15 Å². The SMILES string of the molecule is C=CCn1c(SCc2coc(-c3ccccc3)n2)nnc1-c1ccc(OC)cc1. The lowest BCUT2D eigenvalue weighted by Gasteiger charge is -2.08. The van der Waals surface area contributed by atoms with Crippen LogP contribution in [-0.2, 0) is 12.3 Å². The van der Waals surface area contributed by atoms with Crippen LogP contribution in [0.4, 0.5) is 0 Å². The van der Waals surface area contributed by atoms with Gasteiger partial charge in [-0.25, -0.2) is 4.98 Å². The fourth-order valence-electron chi connectivity index (χ4n) is 2.87. The average molecular weight is 404 g/mol. The molecule has 0 N–H and O–H groups in total. The minimum absolute atomic E-state index is 0.616. The first kappa shape index (κ1) is 19.0. The molecule has 2 aromatic carbocycles. The van der Waals surface area contributed by atoms with E-state index in [-0.39, 0.29) is 0 Å². The smallest absolute Gasteiger partial charge is 0.226 e. The van der Waals surface area contributed by atoms with Crippen molar-refractivity contribution >= 4 is 11.8 Å². The van der Waals surface area contributed by atoms with Gasteiger partial charge in [-0.3, -0.25) is 4.57 Å². The predicted octanol–water partition coefficient (Wildman–Crippen LogP) is 5.09. The van der Waals surface area contributed by atoms with Crippen LogP contribution in [0.25, 0.3) is 22.8 Å². The van der Waals surface area contributed by atoms with E-state index in [1.807, 2.05) is 65.2 Å². The molecule has 146 valence electrons. The maximum Gasteiger partial charge on any atom is 0.226 e. The number of aromatic nitrogens is 4. The van der Waals surface area contributed by atoms with Crippen molar-refractivity contribution in [2.24, 2.45) is 0 Å².